The third kappa shape index (κ3) is 3.34. The van der Waals surface area contributed by atoms with Crippen molar-refractivity contribution in [1.82, 2.24) is 24.9 Å². The number of nitrogens with one attached hydrogen (secondary N) is 1. The number of amides is 1. The normalized spacial score (nSPS) is 22.0. The molecule has 0 aliphatic heterocycles. The SMILES string of the molecule is Cc1cc(C)n2nc(C(=O)NC3CCCCCC3CO)nc2n1. The highest BCUT2D eigenvalue weighted by molar-refractivity contribution is 5.91. The minimum atomic E-state index is -0.294. The maximum atomic E-state index is 12.5. The molecule has 0 bridgehead atoms. The first-order chi connectivity index (χ1) is 11.1. The van der Waals surface area contributed by atoms with Crippen molar-refractivity contribution >= 4 is 11.7 Å². The first-order valence-electron chi connectivity index (χ1n) is 8.21. The average Bonchev–Trinajstić information content (AvgIpc) is 2.81. The molecule has 1 aliphatic rings. The van der Waals surface area contributed by atoms with Crippen LogP contribution in [0.2, 0.25) is 0 Å². The molecule has 7 nitrogen and oxygen atoms in total. The number of carbonyl (C=O) groups excluding carboxylic acids is 1. The van der Waals surface area contributed by atoms with Crippen LogP contribution in [-0.2, 0) is 0 Å². The van der Waals surface area contributed by atoms with E-state index in [0.717, 1.165) is 43.5 Å². The second kappa shape index (κ2) is 6.62. The van der Waals surface area contributed by atoms with Crippen molar-refractivity contribution in [3.8, 4) is 0 Å². The summed E-state index contributed by atoms with van der Waals surface area (Å²) >= 11 is 0. The highest BCUT2D eigenvalue weighted by atomic mass is 16.3. The fourth-order valence-corrected chi connectivity index (χ4v) is 3.29. The van der Waals surface area contributed by atoms with Gasteiger partial charge in [-0.15, -0.1) is 5.10 Å². The van der Waals surface area contributed by atoms with E-state index in [4.69, 9.17) is 0 Å². The number of hydrogen-bond donors (Lipinski definition) is 2. The van der Waals surface area contributed by atoms with E-state index in [9.17, 15) is 9.90 Å². The fourth-order valence-electron chi connectivity index (χ4n) is 3.29. The topological polar surface area (TPSA) is 92.4 Å². The second-order valence-electron chi connectivity index (χ2n) is 6.35. The lowest BCUT2D eigenvalue weighted by atomic mass is 9.95. The Hall–Kier alpha value is -2.02. The summed E-state index contributed by atoms with van der Waals surface area (Å²) in [6, 6.07) is 1.88. The van der Waals surface area contributed by atoms with Gasteiger partial charge in [0.15, 0.2) is 0 Å². The lowest BCUT2D eigenvalue weighted by Crippen LogP contribution is -2.41. The third-order valence-corrected chi connectivity index (χ3v) is 4.53. The van der Waals surface area contributed by atoms with Crippen LogP contribution in [0.15, 0.2) is 6.07 Å². The standard InChI is InChI=1S/C16H23N5O2/c1-10-8-11(2)21-16(17-10)19-14(20-21)15(23)18-13-7-5-3-4-6-12(13)9-22/h8,12-13,22H,3-7,9H2,1-2H3,(H,18,23). The first-order valence-corrected chi connectivity index (χ1v) is 8.21. The van der Waals surface area contributed by atoms with Crippen LogP contribution >= 0.6 is 0 Å². The summed E-state index contributed by atoms with van der Waals surface area (Å²) in [5.74, 6) is 0.387. The Morgan fingerprint density at radius 2 is 2.09 bits per heavy atom. The number of aliphatic hydroxyl groups is 1. The molecular weight excluding hydrogens is 294 g/mol. The van der Waals surface area contributed by atoms with Crippen LogP contribution in [0.5, 0.6) is 0 Å². The molecule has 23 heavy (non-hydrogen) atoms. The summed E-state index contributed by atoms with van der Waals surface area (Å²) in [6.45, 7) is 3.90. The Morgan fingerprint density at radius 1 is 1.30 bits per heavy atom. The van der Waals surface area contributed by atoms with Gasteiger partial charge in [0, 0.05) is 30.0 Å². The van der Waals surface area contributed by atoms with E-state index in [2.05, 4.69) is 20.4 Å². The van der Waals surface area contributed by atoms with Crippen molar-refractivity contribution in [2.24, 2.45) is 5.92 Å². The molecule has 0 aromatic carbocycles. The number of nitrogens with zero attached hydrogens (tertiary/aromatic N) is 4. The molecule has 124 valence electrons. The lowest BCUT2D eigenvalue weighted by Gasteiger charge is -2.23. The largest absolute Gasteiger partial charge is 0.396 e. The van der Waals surface area contributed by atoms with Crippen LogP contribution < -0.4 is 5.32 Å². The molecule has 7 heteroatoms. The molecule has 1 saturated carbocycles. The monoisotopic (exact) mass is 317 g/mol. The summed E-state index contributed by atoms with van der Waals surface area (Å²) in [5, 5.41) is 16.8. The molecular formula is C16H23N5O2. The van der Waals surface area contributed by atoms with E-state index in [-0.39, 0.29) is 30.3 Å². The van der Waals surface area contributed by atoms with Crippen LogP contribution in [0.3, 0.4) is 0 Å². The number of aromatic nitrogens is 4. The second-order valence-corrected chi connectivity index (χ2v) is 6.35. The van der Waals surface area contributed by atoms with E-state index in [0.29, 0.717) is 5.78 Å². The summed E-state index contributed by atoms with van der Waals surface area (Å²) < 4.78 is 1.58. The maximum absolute atomic E-state index is 12.5. The summed E-state index contributed by atoms with van der Waals surface area (Å²) in [6.07, 6.45) is 5.16. The Labute approximate surface area is 135 Å². The quantitative estimate of drug-likeness (QED) is 0.835. The van der Waals surface area contributed by atoms with Crippen molar-refractivity contribution in [3.63, 3.8) is 0 Å². The van der Waals surface area contributed by atoms with Gasteiger partial charge in [0.1, 0.15) is 0 Å². The molecule has 0 spiro atoms. The van der Waals surface area contributed by atoms with E-state index >= 15 is 0 Å². The van der Waals surface area contributed by atoms with Gasteiger partial charge in [0.05, 0.1) is 0 Å². The molecule has 0 saturated heterocycles. The van der Waals surface area contributed by atoms with Crippen LogP contribution in [0, 0.1) is 19.8 Å². The zero-order valence-electron chi connectivity index (χ0n) is 13.6. The minimum Gasteiger partial charge on any atom is -0.396 e. The molecule has 2 atom stereocenters. The molecule has 1 fully saturated rings. The van der Waals surface area contributed by atoms with Gasteiger partial charge in [0.2, 0.25) is 5.82 Å². The van der Waals surface area contributed by atoms with Gasteiger partial charge in [0.25, 0.3) is 11.7 Å². The van der Waals surface area contributed by atoms with Gasteiger partial charge in [-0.2, -0.15) is 4.98 Å². The predicted octanol–water partition coefficient (Wildman–Crippen LogP) is 1.41. The van der Waals surface area contributed by atoms with Gasteiger partial charge in [-0.3, -0.25) is 4.79 Å². The molecule has 2 aromatic rings. The van der Waals surface area contributed by atoms with E-state index in [1.165, 1.54) is 0 Å². The molecule has 0 radical (unpaired) electrons. The number of fused-ring (bicyclic) bond motifs is 1. The van der Waals surface area contributed by atoms with Gasteiger partial charge < -0.3 is 10.4 Å². The number of aryl methyl sites for hydroxylation is 2. The van der Waals surface area contributed by atoms with Crippen molar-refractivity contribution in [2.75, 3.05) is 6.61 Å². The van der Waals surface area contributed by atoms with Crippen molar-refractivity contribution < 1.29 is 9.90 Å². The highest BCUT2D eigenvalue weighted by Crippen LogP contribution is 2.23. The van der Waals surface area contributed by atoms with Crippen LogP contribution in [0.25, 0.3) is 5.78 Å². The van der Waals surface area contributed by atoms with Gasteiger partial charge in [-0.1, -0.05) is 19.3 Å². The minimum absolute atomic E-state index is 0.0163. The Balaban J connectivity index is 1.81. The third-order valence-electron chi connectivity index (χ3n) is 4.53. The molecule has 1 aliphatic carbocycles. The van der Waals surface area contributed by atoms with E-state index in [1.54, 1.807) is 4.52 Å². The molecule has 2 aromatic heterocycles. The van der Waals surface area contributed by atoms with Crippen molar-refractivity contribution in [1.29, 1.82) is 0 Å². The maximum Gasteiger partial charge on any atom is 0.291 e. The summed E-state index contributed by atoms with van der Waals surface area (Å²) in [5.41, 5.74) is 1.74. The molecule has 2 heterocycles. The summed E-state index contributed by atoms with van der Waals surface area (Å²) in [7, 11) is 0. The smallest absolute Gasteiger partial charge is 0.291 e. The van der Waals surface area contributed by atoms with Gasteiger partial charge in [-0.05, 0) is 32.8 Å². The Morgan fingerprint density at radius 3 is 2.87 bits per heavy atom. The van der Waals surface area contributed by atoms with Crippen LogP contribution in [0.4, 0.5) is 0 Å². The van der Waals surface area contributed by atoms with Crippen molar-refractivity contribution in [3.05, 3.63) is 23.3 Å². The van der Waals surface area contributed by atoms with E-state index < -0.39 is 0 Å². The Kier molecular flexibility index (Phi) is 4.56. The zero-order valence-corrected chi connectivity index (χ0v) is 13.6. The van der Waals surface area contributed by atoms with E-state index in [1.807, 2.05) is 19.9 Å². The summed E-state index contributed by atoms with van der Waals surface area (Å²) in [4.78, 5) is 21.0. The van der Waals surface area contributed by atoms with Crippen LogP contribution in [0.1, 0.15) is 54.1 Å². The predicted molar refractivity (Wildman–Crippen MR) is 85.2 cm³/mol. The molecule has 2 unspecified atom stereocenters. The number of aliphatic hydroxyl groups excluding tert-OH is 1. The first kappa shape index (κ1) is 15.9. The zero-order chi connectivity index (χ0) is 16.4. The van der Waals surface area contributed by atoms with Gasteiger partial charge >= 0.3 is 0 Å². The Bertz CT molecular complexity index is 712. The molecule has 1 amide bonds. The number of hydrogen-bond acceptors (Lipinski definition) is 5. The number of carbonyl (C=O) groups is 1. The molecule has 3 rings (SSSR count). The molecule has 2 N–H and O–H groups in total. The van der Waals surface area contributed by atoms with Crippen LogP contribution in [-0.4, -0.2) is 43.2 Å². The van der Waals surface area contributed by atoms with Crippen molar-refractivity contribution in [2.45, 2.75) is 52.0 Å². The lowest BCUT2D eigenvalue weighted by molar-refractivity contribution is 0.0889. The average molecular weight is 317 g/mol. The highest BCUT2D eigenvalue weighted by Gasteiger charge is 2.26. The van der Waals surface area contributed by atoms with Gasteiger partial charge in [-0.25, -0.2) is 9.50 Å². The fraction of sp³-hybridized carbons (Fsp3) is 0.625. The number of rotatable bonds is 3.